The lowest BCUT2D eigenvalue weighted by atomic mass is 10.0. The second-order valence-corrected chi connectivity index (χ2v) is 6.21. The molecule has 2 N–H and O–H groups in total. The lowest BCUT2D eigenvalue weighted by Gasteiger charge is -2.23. The molecule has 1 aliphatic rings. The summed E-state index contributed by atoms with van der Waals surface area (Å²) in [5.74, 6) is 0.971. The van der Waals surface area contributed by atoms with Crippen molar-refractivity contribution >= 4 is 5.69 Å². The lowest BCUT2D eigenvalue weighted by Crippen LogP contribution is -2.33. The van der Waals surface area contributed by atoms with Crippen LogP contribution < -0.4 is 15.4 Å². The van der Waals surface area contributed by atoms with Crippen molar-refractivity contribution in [1.82, 2.24) is 5.32 Å². The summed E-state index contributed by atoms with van der Waals surface area (Å²) in [5.41, 5.74) is 2.35. The zero-order valence-corrected chi connectivity index (χ0v) is 13.7. The van der Waals surface area contributed by atoms with Gasteiger partial charge in [-0.3, -0.25) is 0 Å². The molecule has 1 aromatic rings. The Kier molecular flexibility index (Phi) is 6.37. The minimum absolute atomic E-state index is 0.447. The molecule has 1 aliphatic heterocycles. The van der Waals surface area contributed by atoms with Crippen LogP contribution in [0.2, 0.25) is 0 Å². The van der Waals surface area contributed by atoms with E-state index in [1.54, 1.807) is 0 Å². The molecule has 1 fully saturated rings. The van der Waals surface area contributed by atoms with E-state index in [-0.39, 0.29) is 0 Å². The van der Waals surface area contributed by atoms with Crippen molar-refractivity contribution in [1.29, 1.82) is 0 Å². The van der Waals surface area contributed by atoms with Gasteiger partial charge in [-0.05, 0) is 64.3 Å². The molecule has 0 amide bonds. The molecule has 0 aromatic heterocycles. The third-order valence-electron chi connectivity index (χ3n) is 4.14. The number of rotatable bonds is 6. The molecule has 2 unspecified atom stereocenters. The molecule has 3 heteroatoms. The van der Waals surface area contributed by atoms with E-state index in [0.29, 0.717) is 18.7 Å². The monoisotopic (exact) mass is 290 g/mol. The van der Waals surface area contributed by atoms with Crippen LogP contribution in [0.15, 0.2) is 18.2 Å². The average molecular weight is 290 g/mol. The first kappa shape index (κ1) is 16.2. The zero-order chi connectivity index (χ0) is 15.1. The van der Waals surface area contributed by atoms with Crippen molar-refractivity contribution < 1.29 is 4.74 Å². The summed E-state index contributed by atoms with van der Waals surface area (Å²) in [7, 11) is 0. The van der Waals surface area contributed by atoms with Gasteiger partial charge in [-0.2, -0.15) is 0 Å². The maximum absolute atomic E-state index is 5.75. The number of anilines is 1. The zero-order valence-electron chi connectivity index (χ0n) is 13.7. The van der Waals surface area contributed by atoms with Gasteiger partial charge in [0.1, 0.15) is 5.75 Å². The average Bonchev–Trinajstić information content (AvgIpc) is 2.71. The molecule has 2 atom stereocenters. The van der Waals surface area contributed by atoms with Crippen LogP contribution in [0, 0.1) is 6.92 Å². The molecular formula is C18H30N2O. The highest BCUT2D eigenvalue weighted by atomic mass is 16.5. The minimum atomic E-state index is 0.447. The van der Waals surface area contributed by atoms with Crippen molar-refractivity contribution in [2.75, 3.05) is 18.5 Å². The van der Waals surface area contributed by atoms with Crippen molar-refractivity contribution in [2.45, 2.75) is 65.0 Å². The van der Waals surface area contributed by atoms with E-state index in [2.05, 4.69) is 42.7 Å². The number of aryl methyl sites for hydroxylation is 1. The fraction of sp³-hybridized carbons (Fsp3) is 0.667. The van der Waals surface area contributed by atoms with Crippen LogP contribution in [0.1, 0.15) is 51.5 Å². The van der Waals surface area contributed by atoms with Crippen molar-refractivity contribution in [3.8, 4) is 5.75 Å². The number of hydrogen-bond acceptors (Lipinski definition) is 3. The molecule has 3 nitrogen and oxygen atoms in total. The first-order valence-electron chi connectivity index (χ1n) is 8.42. The van der Waals surface area contributed by atoms with E-state index in [1.165, 1.54) is 44.2 Å². The van der Waals surface area contributed by atoms with Crippen molar-refractivity contribution in [2.24, 2.45) is 0 Å². The maximum Gasteiger partial charge on any atom is 0.142 e. The maximum atomic E-state index is 5.75. The Balaban J connectivity index is 1.93. The van der Waals surface area contributed by atoms with Crippen LogP contribution in [-0.2, 0) is 0 Å². The van der Waals surface area contributed by atoms with Gasteiger partial charge in [-0.1, -0.05) is 18.9 Å². The predicted octanol–water partition coefficient (Wildman–Crippen LogP) is 4.12. The van der Waals surface area contributed by atoms with Gasteiger partial charge in [0.2, 0.25) is 0 Å². The Labute approximate surface area is 129 Å². The molecule has 0 radical (unpaired) electrons. The molecule has 2 rings (SSSR count). The highest BCUT2D eigenvalue weighted by Gasteiger charge is 2.15. The first-order chi connectivity index (χ1) is 10.2. The highest BCUT2D eigenvalue weighted by molar-refractivity contribution is 5.58. The number of ether oxygens (including phenoxy) is 1. The Bertz CT molecular complexity index is 425. The summed E-state index contributed by atoms with van der Waals surface area (Å²) in [6, 6.07) is 7.49. The topological polar surface area (TPSA) is 33.3 Å². The van der Waals surface area contributed by atoms with Gasteiger partial charge < -0.3 is 15.4 Å². The van der Waals surface area contributed by atoms with Crippen LogP contribution in [0.3, 0.4) is 0 Å². The highest BCUT2D eigenvalue weighted by Crippen LogP contribution is 2.27. The van der Waals surface area contributed by atoms with Crippen LogP contribution in [-0.4, -0.2) is 25.2 Å². The molecular weight excluding hydrogens is 260 g/mol. The van der Waals surface area contributed by atoms with Gasteiger partial charge in [0.05, 0.1) is 12.3 Å². The Morgan fingerprint density at radius 3 is 3.00 bits per heavy atom. The van der Waals surface area contributed by atoms with Gasteiger partial charge in [0, 0.05) is 12.1 Å². The third-order valence-corrected chi connectivity index (χ3v) is 4.14. The van der Waals surface area contributed by atoms with E-state index in [4.69, 9.17) is 4.74 Å². The minimum Gasteiger partial charge on any atom is -0.492 e. The summed E-state index contributed by atoms with van der Waals surface area (Å²) in [6.07, 6.45) is 6.53. The summed E-state index contributed by atoms with van der Waals surface area (Å²) >= 11 is 0. The Morgan fingerprint density at radius 2 is 2.19 bits per heavy atom. The molecule has 0 saturated carbocycles. The van der Waals surface area contributed by atoms with E-state index in [0.717, 1.165) is 11.4 Å². The normalized spacial score (nSPS) is 20.6. The summed E-state index contributed by atoms with van der Waals surface area (Å²) in [5, 5.41) is 7.30. The van der Waals surface area contributed by atoms with E-state index < -0.39 is 0 Å². The number of nitrogens with one attached hydrogen (secondary N) is 2. The van der Waals surface area contributed by atoms with Gasteiger partial charge in [-0.25, -0.2) is 0 Å². The van der Waals surface area contributed by atoms with Crippen LogP contribution in [0.5, 0.6) is 5.75 Å². The second-order valence-electron chi connectivity index (χ2n) is 6.21. The fourth-order valence-electron chi connectivity index (χ4n) is 3.08. The third kappa shape index (κ3) is 5.24. The van der Waals surface area contributed by atoms with Gasteiger partial charge in [-0.15, -0.1) is 0 Å². The van der Waals surface area contributed by atoms with E-state index in [9.17, 15) is 0 Å². The molecule has 1 heterocycles. The number of hydrogen-bond donors (Lipinski definition) is 2. The van der Waals surface area contributed by atoms with Gasteiger partial charge >= 0.3 is 0 Å². The van der Waals surface area contributed by atoms with Gasteiger partial charge in [0.25, 0.3) is 0 Å². The van der Waals surface area contributed by atoms with Crippen LogP contribution in [0.25, 0.3) is 0 Å². The smallest absolute Gasteiger partial charge is 0.142 e. The quantitative estimate of drug-likeness (QED) is 0.827. The molecule has 0 bridgehead atoms. The molecule has 0 spiro atoms. The molecule has 1 saturated heterocycles. The first-order valence-corrected chi connectivity index (χ1v) is 8.42. The lowest BCUT2D eigenvalue weighted by molar-refractivity contribution is 0.341. The van der Waals surface area contributed by atoms with Gasteiger partial charge in [0.15, 0.2) is 0 Å². The van der Waals surface area contributed by atoms with Crippen molar-refractivity contribution in [3.05, 3.63) is 23.8 Å². The molecule has 1 aromatic carbocycles. The van der Waals surface area contributed by atoms with Crippen molar-refractivity contribution in [3.63, 3.8) is 0 Å². The van der Waals surface area contributed by atoms with Crippen LogP contribution in [0.4, 0.5) is 5.69 Å². The molecule has 21 heavy (non-hydrogen) atoms. The summed E-state index contributed by atoms with van der Waals surface area (Å²) < 4.78 is 5.75. The van der Waals surface area contributed by atoms with E-state index >= 15 is 0 Å². The number of benzene rings is 1. The Morgan fingerprint density at radius 1 is 1.33 bits per heavy atom. The molecule has 0 aliphatic carbocycles. The standard InChI is InChI=1S/C18H30N2O/c1-4-21-18-12-14(2)9-10-17(18)20-15(3)13-16-8-6-5-7-11-19-16/h9-10,12,15-16,19-20H,4-8,11,13H2,1-3H3. The van der Waals surface area contributed by atoms with E-state index in [1.807, 2.05) is 6.92 Å². The predicted molar refractivity (Wildman–Crippen MR) is 90.3 cm³/mol. The Hall–Kier alpha value is -1.22. The van der Waals surface area contributed by atoms with Crippen LogP contribution >= 0.6 is 0 Å². The summed E-state index contributed by atoms with van der Waals surface area (Å²) in [4.78, 5) is 0. The summed E-state index contributed by atoms with van der Waals surface area (Å²) in [6.45, 7) is 8.28. The molecule has 118 valence electrons. The largest absolute Gasteiger partial charge is 0.492 e. The SMILES string of the molecule is CCOc1cc(C)ccc1NC(C)CC1CCCCCN1. The second kappa shape index (κ2) is 8.28. The fourth-order valence-corrected chi connectivity index (χ4v) is 3.08.